The zero-order valence-electron chi connectivity index (χ0n) is 12.0. The summed E-state index contributed by atoms with van der Waals surface area (Å²) >= 11 is 2.16. The highest BCUT2D eigenvalue weighted by atomic mass is 127. The second kappa shape index (κ2) is 5.99. The number of methoxy groups -OCH3 is 1. The maximum atomic E-state index is 12.3. The van der Waals surface area contributed by atoms with E-state index in [1.807, 2.05) is 28.8 Å². The number of halogens is 1. The summed E-state index contributed by atoms with van der Waals surface area (Å²) in [4.78, 5) is 22.6. The Morgan fingerprint density at radius 3 is 2.52 bits per heavy atom. The Labute approximate surface area is 145 Å². The number of nitrogens with zero attached hydrogens (tertiary/aromatic N) is 2. The number of ether oxygens (including phenoxy) is 1. The Kier molecular flexibility index (Phi) is 4.03. The lowest BCUT2D eigenvalue weighted by molar-refractivity contribution is -0.384. The Morgan fingerprint density at radius 2 is 1.91 bits per heavy atom. The summed E-state index contributed by atoms with van der Waals surface area (Å²) in [5.41, 5.74) is 2.62. The number of esters is 1. The summed E-state index contributed by atoms with van der Waals surface area (Å²) in [5.74, 6) is -0.440. The first-order valence-corrected chi connectivity index (χ1v) is 7.74. The monoisotopic (exact) mass is 422 g/mol. The van der Waals surface area contributed by atoms with Crippen molar-refractivity contribution >= 4 is 39.8 Å². The van der Waals surface area contributed by atoms with Crippen molar-refractivity contribution in [2.24, 2.45) is 0 Å². The number of benzene rings is 1. The van der Waals surface area contributed by atoms with Crippen LogP contribution in [0.25, 0.3) is 16.6 Å². The summed E-state index contributed by atoms with van der Waals surface area (Å²) in [6.45, 7) is 0. The lowest BCUT2D eigenvalue weighted by Gasteiger charge is -2.04. The molecule has 0 amide bonds. The number of carbonyl (C=O) groups excluding carboxylic acids is 1. The minimum Gasteiger partial charge on any atom is -0.465 e. The number of carbonyl (C=O) groups is 1. The molecular weight excluding hydrogens is 411 g/mol. The van der Waals surface area contributed by atoms with Gasteiger partial charge in [0.05, 0.1) is 26.8 Å². The molecule has 0 atom stereocenters. The van der Waals surface area contributed by atoms with E-state index in [4.69, 9.17) is 4.74 Å². The van der Waals surface area contributed by atoms with E-state index in [0.717, 1.165) is 14.8 Å². The number of fused-ring (bicyclic) bond motifs is 1. The molecule has 3 aromatic rings. The molecule has 0 unspecified atom stereocenters. The zero-order valence-corrected chi connectivity index (χ0v) is 14.2. The lowest BCUT2D eigenvalue weighted by Crippen LogP contribution is -2.02. The highest BCUT2D eigenvalue weighted by molar-refractivity contribution is 14.1. The third kappa shape index (κ3) is 2.56. The van der Waals surface area contributed by atoms with Crippen molar-refractivity contribution in [2.75, 3.05) is 7.11 Å². The largest absolute Gasteiger partial charge is 0.465 e. The number of nitro benzene ring substituents is 1. The van der Waals surface area contributed by atoms with Crippen LogP contribution in [0.4, 0.5) is 5.69 Å². The van der Waals surface area contributed by atoms with Crippen molar-refractivity contribution in [3.63, 3.8) is 0 Å². The Hall–Kier alpha value is -2.42. The number of hydrogen-bond donors (Lipinski definition) is 0. The van der Waals surface area contributed by atoms with Gasteiger partial charge in [-0.05, 0) is 52.4 Å². The molecule has 1 aromatic carbocycles. The number of non-ortho nitro benzene ring substituents is 1. The van der Waals surface area contributed by atoms with Crippen molar-refractivity contribution in [2.45, 2.75) is 0 Å². The fourth-order valence-corrected chi connectivity index (χ4v) is 3.49. The van der Waals surface area contributed by atoms with E-state index in [-0.39, 0.29) is 5.69 Å². The third-order valence-electron chi connectivity index (χ3n) is 3.54. The molecule has 2 heterocycles. The van der Waals surface area contributed by atoms with Gasteiger partial charge in [0.15, 0.2) is 0 Å². The van der Waals surface area contributed by atoms with Gasteiger partial charge in [-0.3, -0.25) is 10.1 Å². The van der Waals surface area contributed by atoms with Crippen LogP contribution in [0.3, 0.4) is 0 Å². The molecule has 116 valence electrons. The summed E-state index contributed by atoms with van der Waals surface area (Å²) in [5, 5.41) is 10.8. The van der Waals surface area contributed by atoms with Gasteiger partial charge in [0.25, 0.3) is 5.69 Å². The molecule has 3 rings (SSSR count). The molecule has 0 radical (unpaired) electrons. The molecule has 0 bridgehead atoms. The Balaban J connectivity index is 2.29. The van der Waals surface area contributed by atoms with E-state index in [1.54, 1.807) is 12.1 Å². The maximum absolute atomic E-state index is 12.3. The molecule has 0 saturated heterocycles. The smallest absolute Gasteiger partial charge is 0.340 e. The van der Waals surface area contributed by atoms with Crippen molar-refractivity contribution in [1.82, 2.24) is 4.40 Å². The molecule has 0 fully saturated rings. The van der Waals surface area contributed by atoms with Crippen LogP contribution in [0.5, 0.6) is 0 Å². The fourth-order valence-electron chi connectivity index (χ4n) is 2.49. The van der Waals surface area contributed by atoms with Crippen molar-refractivity contribution in [3.8, 4) is 11.1 Å². The van der Waals surface area contributed by atoms with Crippen molar-refractivity contribution < 1.29 is 14.5 Å². The quantitative estimate of drug-likeness (QED) is 0.278. The van der Waals surface area contributed by atoms with Crippen LogP contribution in [-0.4, -0.2) is 22.4 Å². The number of pyridine rings is 1. The summed E-state index contributed by atoms with van der Waals surface area (Å²) in [7, 11) is 1.33. The average molecular weight is 422 g/mol. The fraction of sp³-hybridized carbons (Fsp3) is 0.0625. The molecule has 6 nitrogen and oxygen atoms in total. The Morgan fingerprint density at radius 1 is 1.22 bits per heavy atom. The number of nitro groups is 1. The van der Waals surface area contributed by atoms with Gasteiger partial charge in [-0.25, -0.2) is 4.79 Å². The number of aromatic nitrogens is 1. The predicted molar refractivity (Wildman–Crippen MR) is 93.5 cm³/mol. The van der Waals surface area contributed by atoms with Gasteiger partial charge in [-0.1, -0.05) is 6.07 Å². The number of hydrogen-bond acceptors (Lipinski definition) is 4. The first-order valence-electron chi connectivity index (χ1n) is 6.66. The summed E-state index contributed by atoms with van der Waals surface area (Å²) in [6, 6.07) is 11.7. The Bertz CT molecular complexity index is 916. The third-order valence-corrected chi connectivity index (χ3v) is 4.60. The molecule has 2 aromatic heterocycles. The first-order chi connectivity index (χ1) is 11.0. The second-order valence-corrected chi connectivity index (χ2v) is 5.81. The van der Waals surface area contributed by atoms with E-state index < -0.39 is 10.9 Å². The van der Waals surface area contributed by atoms with Gasteiger partial charge in [0, 0.05) is 23.9 Å². The van der Waals surface area contributed by atoms with Crippen LogP contribution in [0.15, 0.2) is 48.7 Å². The highest BCUT2D eigenvalue weighted by Crippen LogP contribution is 2.35. The molecule has 23 heavy (non-hydrogen) atoms. The van der Waals surface area contributed by atoms with E-state index in [9.17, 15) is 14.9 Å². The molecule has 0 aliphatic heterocycles. The summed E-state index contributed by atoms with van der Waals surface area (Å²) < 4.78 is 7.65. The van der Waals surface area contributed by atoms with Crippen LogP contribution < -0.4 is 0 Å². The SMILES string of the molecule is COC(=O)c1c(-c2ccc([N+](=O)[O-])cc2)c(I)n2ccccc12. The predicted octanol–water partition coefficient (Wildman–Crippen LogP) is 3.91. The first kappa shape index (κ1) is 15.5. The normalized spacial score (nSPS) is 10.7. The molecule has 0 aliphatic carbocycles. The zero-order chi connectivity index (χ0) is 16.6. The molecule has 0 spiro atoms. The molecule has 0 saturated carbocycles. The van der Waals surface area contributed by atoms with Gasteiger partial charge >= 0.3 is 5.97 Å². The van der Waals surface area contributed by atoms with E-state index in [2.05, 4.69) is 22.6 Å². The molecule has 0 N–H and O–H groups in total. The van der Waals surface area contributed by atoms with E-state index in [0.29, 0.717) is 11.1 Å². The standard InChI is InChI=1S/C16H11IN2O4/c1-23-16(20)14-12-4-2-3-9-18(12)15(17)13(14)10-5-7-11(8-6-10)19(21)22/h2-9H,1H3. The van der Waals surface area contributed by atoms with E-state index in [1.165, 1.54) is 19.2 Å². The van der Waals surface area contributed by atoms with Crippen LogP contribution in [0.2, 0.25) is 0 Å². The lowest BCUT2D eigenvalue weighted by atomic mass is 10.0. The van der Waals surface area contributed by atoms with Gasteiger partial charge in [-0.15, -0.1) is 0 Å². The molecule has 7 heteroatoms. The maximum Gasteiger partial charge on any atom is 0.340 e. The molecular formula is C16H11IN2O4. The molecule has 0 aliphatic rings. The van der Waals surface area contributed by atoms with Gasteiger partial charge in [0.2, 0.25) is 0 Å². The van der Waals surface area contributed by atoms with Gasteiger partial charge in [0.1, 0.15) is 0 Å². The topological polar surface area (TPSA) is 73.8 Å². The average Bonchev–Trinajstić information content (AvgIpc) is 2.87. The van der Waals surface area contributed by atoms with Gasteiger partial charge < -0.3 is 9.14 Å². The van der Waals surface area contributed by atoms with E-state index >= 15 is 0 Å². The van der Waals surface area contributed by atoms with Crippen LogP contribution in [0, 0.1) is 13.8 Å². The van der Waals surface area contributed by atoms with Crippen molar-refractivity contribution in [1.29, 1.82) is 0 Å². The minimum absolute atomic E-state index is 0.00661. The highest BCUT2D eigenvalue weighted by Gasteiger charge is 2.24. The van der Waals surface area contributed by atoms with Crippen molar-refractivity contribution in [3.05, 3.63) is 68.0 Å². The number of rotatable bonds is 3. The van der Waals surface area contributed by atoms with Gasteiger partial charge in [-0.2, -0.15) is 0 Å². The minimum atomic E-state index is -0.452. The van der Waals surface area contributed by atoms with Crippen LogP contribution >= 0.6 is 22.6 Å². The van der Waals surface area contributed by atoms with Crippen LogP contribution in [-0.2, 0) is 4.74 Å². The summed E-state index contributed by atoms with van der Waals surface area (Å²) in [6.07, 6.45) is 1.86. The second-order valence-electron chi connectivity index (χ2n) is 4.79. The van der Waals surface area contributed by atoms with Crippen LogP contribution in [0.1, 0.15) is 10.4 Å².